The summed E-state index contributed by atoms with van der Waals surface area (Å²) in [5.41, 5.74) is -0.531. The van der Waals surface area contributed by atoms with Crippen molar-refractivity contribution >= 4 is 10.2 Å². The van der Waals surface area contributed by atoms with E-state index in [1.807, 2.05) is 0 Å². The molecule has 1 saturated heterocycles. The van der Waals surface area contributed by atoms with Gasteiger partial charge in [-0.15, -0.1) is 0 Å². The molecule has 0 aliphatic carbocycles. The number of nitrogens with one attached hydrogen (secondary N) is 2. The van der Waals surface area contributed by atoms with E-state index < -0.39 is 15.8 Å². The number of nitrogens with zero attached hydrogens (tertiary/aromatic N) is 1. The van der Waals surface area contributed by atoms with Crippen LogP contribution < -0.4 is 10.0 Å². The largest absolute Gasteiger partial charge is 0.378 e. The van der Waals surface area contributed by atoms with Gasteiger partial charge in [-0.1, -0.05) is 6.92 Å². The van der Waals surface area contributed by atoms with Crippen LogP contribution in [0.4, 0.5) is 0 Å². The molecule has 0 aromatic rings. The van der Waals surface area contributed by atoms with Crippen molar-refractivity contribution in [3.8, 4) is 0 Å². The van der Waals surface area contributed by atoms with Crippen molar-refractivity contribution in [1.82, 2.24) is 14.3 Å². The normalized spacial score (nSPS) is 23.0. The molecular weight excluding hydrogens is 294 g/mol. The van der Waals surface area contributed by atoms with Gasteiger partial charge < -0.3 is 14.8 Å². The lowest BCUT2D eigenvalue weighted by atomic mass is 10.0. The van der Waals surface area contributed by atoms with Crippen molar-refractivity contribution in [1.29, 1.82) is 0 Å². The van der Waals surface area contributed by atoms with Gasteiger partial charge in [0.2, 0.25) is 0 Å². The van der Waals surface area contributed by atoms with E-state index >= 15 is 0 Å². The first-order valence-corrected chi connectivity index (χ1v) is 8.94. The SMILES string of the molecule is CCCNCCCN(C)S(=O)(=O)NCC1(OC)CCOC1. The van der Waals surface area contributed by atoms with Crippen LogP contribution >= 0.6 is 0 Å². The van der Waals surface area contributed by atoms with E-state index in [2.05, 4.69) is 17.0 Å². The maximum atomic E-state index is 12.2. The summed E-state index contributed by atoms with van der Waals surface area (Å²) in [6.07, 6.45) is 2.57. The minimum atomic E-state index is -3.47. The number of ether oxygens (including phenoxy) is 2. The summed E-state index contributed by atoms with van der Waals surface area (Å²) in [6.45, 7) is 5.65. The first-order valence-electron chi connectivity index (χ1n) is 7.50. The van der Waals surface area contributed by atoms with Gasteiger partial charge in [-0.25, -0.2) is 0 Å². The molecule has 126 valence electrons. The molecule has 1 fully saturated rings. The fourth-order valence-corrected chi connectivity index (χ4v) is 3.18. The van der Waals surface area contributed by atoms with E-state index in [1.54, 1.807) is 14.2 Å². The molecule has 1 aliphatic heterocycles. The van der Waals surface area contributed by atoms with E-state index in [-0.39, 0.29) is 6.54 Å². The highest BCUT2D eigenvalue weighted by Crippen LogP contribution is 2.21. The molecule has 7 nitrogen and oxygen atoms in total. The topological polar surface area (TPSA) is 79.9 Å². The standard InChI is InChI=1S/C13H29N3O4S/c1-4-7-14-8-5-9-16(2)21(17,18)15-11-13(19-3)6-10-20-12-13/h14-15H,4-12H2,1-3H3. The maximum Gasteiger partial charge on any atom is 0.279 e. The van der Waals surface area contributed by atoms with Crippen molar-refractivity contribution in [3.63, 3.8) is 0 Å². The molecule has 0 saturated carbocycles. The lowest BCUT2D eigenvalue weighted by molar-refractivity contribution is -0.0122. The highest BCUT2D eigenvalue weighted by molar-refractivity contribution is 7.87. The molecule has 0 aromatic heterocycles. The number of hydrogen-bond donors (Lipinski definition) is 2. The molecule has 0 spiro atoms. The predicted octanol–water partition coefficient (Wildman–Crippen LogP) is -0.0522. The monoisotopic (exact) mass is 323 g/mol. The van der Waals surface area contributed by atoms with Gasteiger partial charge in [0.05, 0.1) is 6.61 Å². The number of hydrogen-bond acceptors (Lipinski definition) is 5. The van der Waals surface area contributed by atoms with Crippen LogP contribution in [-0.4, -0.2) is 71.9 Å². The Morgan fingerprint density at radius 2 is 2.14 bits per heavy atom. The maximum absolute atomic E-state index is 12.2. The molecule has 1 atom stereocenters. The minimum absolute atomic E-state index is 0.240. The fraction of sp³-hybridized carbons (Fsp3) is 1.00. The van der Waals surface area contributed by atoms with Crippen LogP contribution in [0.2, 0.25) is 0 Å². The van der Waals surface area contributed by atoms with Gasteiger partial charge in [-0.2, -0.15) is 17.4 Å². The zero-order chi connectivity index (χ0) is 15.8. The van der Waals surface area contributed by atoms with Gasteiger partial charge >= 0.3 is 0 Å². The summed E-state index contributed by atoms with van der Waals surface area (Å²) < 4.78 is 39.0. The average molecular weight is 323 g/mol. The van der Waals surface area contributed by atoms with E-state index in [9.17, 15) is 8.42 Å². The number of rotatable bonds is 11. The summed E-state index contributed by atoms with van der Waals surface area (Å²) in [5.74, 6) is 0. The molecule has 2 N–H and O–H groups in total. The second-order valence-electron chi connectivity index (χ2n) is 5.44. The van der Waals surface area contributed by atoms with Crippen LogP contribution in [-0.2, 0) is 19.7 Å². The summed E-state index contributed by atoms with van der Waals surface area (Å²) in [5, 5.41) is 3.26. The van der Waals surface area contributed by atoms with E-state index in [0.717, 1.165) is 25.9 Å². The van der Waals surface area contributed by atoms with Crippen LogP contribution in [0.25, 0.3) is 0 Å². The summed E-state index contributed by atoms with van der Waals surface area (Å²) >= 11 is 0. The smallest absolute Gasteiger partial charge is 0.279 e. The Labute approximate surface area is 128 Å². The van der Waals surface area contributed by atoms with Gasteiger partial charge in [-0.3, -0.25) is 0 Å². The Morgan fingerprint density at radius 3 is 2.71 bits per heavy atom. The molecule has 1 heterocycles. The van der Waals surface area contributed by atoms with Crippen molar-refractivity contribution in [2.45, 2.75) is 31.8 Å². The first kappa shape index (κ1) is 18.8. The van der Waals surface area contributed by atoms with Gasteiger partial charge in [0.15, 0.2) is 0 Å². The third-order valence-electron chi connectivity index (χ3n) is 3.74. The summed E-state index contributed by atoms with van der Waals surface area (Å²) in [6, 6.07) is 0. The Bertz CT molecular complexity index is 383. The molecule has 21 heavy (non-hydrogen) atoms. The van der Waals surface area contributed by atoms with E-state index in [4.69, 9.17) is 9.47 Å². The second-order valence-corrected chi connectivity index (χ2v) is 7.30. The van der Waals surface area contributed by atoms with Gasteiger partial charge in [-0.05, 0) is 25.9 Å². The van der Waals surface area contributed by atoms with Gasteiger partial charge in [0, 0.05) is 40.3 Å². The predicted molar refractivity (Wildman–Crippen MR) is 82.5 cm³/mol. The van der Waals surface area contributed by atoms with Crippen molar-refractivity contribution in [3.05, 3.63) is 0 Å². The molecular formula is C13H29N3O4S. The quantitative estimate of drug-likeness (QED) is 0.521. The van der Waals surface area contributed by atoms with Gasteiger partial charge in [0.1, 0.15) is 5.60 Å². The van der Waals surface area contributed by atoms with Crippen molar-refractivity contribution < 1.29 is 17.9 Å². The van der Waals surface area contributed by atoms with Crippen molar-refractivity contribution in [2.75, 3.05) is 53.6 Å². The molecule has 1 rings (SSSR count). The molecule has 0 radical (unpaired) electrons. The van der Waals surface area contributed by atoms with Crippen LogP contribution in [0.1, 0.15) is 26.2 Å². The van der Waals surface area contributed by atoms with Gasteiger partial charge in [0.25, 0.3) is 10.2 Å². The lowest BCUT2D eigenvalue weighted by Gasteiger charge is -2.27. The lowest BCUT2D eigenvalue weighted by Crippen LogP contribution is -2.48. The Balaban J connectivity index is 2.34. The fourth-order valence-electron chi connectivity index (χ4n) is 2.14. The van der Waals surface area contributed by atoms with Crippen molar-refractivity contribution in [2.24, 2.45) is 0 Å². The first-order chi connectivity index (χ1) is 9.96. The highest BCUT2D eigenvalue weighted by Gasteiger charge is 2.36. The third-order valence-corrected chi connectivity index (χ3v) is 5.25. The minimum Gasteiger partial charge on any atom is -0.378 e. The van der Waals surface area contributed by atoms with E-state index in [1.165, 1.54) is 4.31 Å². The molecule has 1 aliphatic rings. The van der Waals surface area contributed by atoms with Crippen LogP contribution in [0.15, 0.2) is 0 Å². The molecule has 1 unspecified atom stereocenters. The summed E-state index contributed by atoms with van der Waals surface area (Å²) in [4.78, 5) is 0. The molecule has 0 amide bonds. The molecule has 0 aromatic carbocycles. The Hall–Kier alpha value is -0.250. The third kappa shape index (κ3) is 6.17. The van der Waals surface area contributed by atoms with Crippen LogP contribution in [0.3, 0.4) is 0 Å². The van der Waals surface area contributed by atoms with Crippen LogP contribution in [0.5, 0.6) is 0 Å². The van der Waals surface area contributed by atoms with Crippen LogP contribution in [0, 0.1) is 0 Å². The number of methoxy groups -OCH3 is 1. The molecule has 0 bridgehead atoms. The zero-order valence-electron chi connectivity index (χ0n) is 13.4. The Morgan fingerprint density at radius 1 is 1.38 bits per heavy atom. The second kappa shape index (κ2) is 9.02. The van der Waals surface area contributed by atoms with E-state index in [0.29, 0.717) is 26.2 Å². The Kier molecular flexibility index (Phi) is 8.07. The molecule has 8 heteroatoms. The summed E-state index contributed by atoms with van der Waals surface area (Å²) in [7, 11) is -0.289. The zero-order valence-corrected chi connectivity index (χ0v) is 14.2. The highest BCUT2D eigenvalue weighted by atomic mass is 32.2. The average Bonchev–Trinajstić information content (AvgIpc) is 2.94.